The second-order valence-electron chi connectivity index (χ2n) is 7.56. The van der Waals surface area contributed by atoms with Gasteiger partial charge >= 0.3 is 5.63 Å². The summed E-state index contributed by atoms with van der Waals surface area (Å²) in [7, 11) is -3.69. The van der Waals surface area contributed by atoms with Crippen molar-refractivity contribution in [3.05, 3.63) is 63.1 Å². The van der Waals surface area contributed by atoms with Crippen LogP contribution in [0.3, 0.4) is 0 Å². The molecular formula is C21H24N2O4S2. The minimum atomic E-state index is -3.69. The average molecular weight is 433 g/mol. The Morgan fingerprint density at radius 3 is 2.72 bits per heavy atom. The second kappa shape index (κ2) is 8.39. The Balaban J connectivity index is 1.54. The van der Waals surface area contributed by atoms with Gasteiger partial charge in [0.15, 0.2) is 0 Å². The van der Waals surface area contributed by atoms with Crippen LogP contribution >= 0.6 is 11.3 Å². The summed E-state index contributed by atoms with van der Waals surface area (Å²) in [4.78, 5) is 15.0. The maximum Gasteiger partial charge on any atom is 0.336 e. The number of sulfonamides is 1. The maximum absolute atomic E-state index is 12.9. The molecule has 1 aromatic carbocycles. The van der Waals surface area contributed by atoms with Crippen molar-refractivity contribution in [1.29, 1.82) is 0 Å². The summed E-state index contributed by atoms with van der Waals surface area (Å²) in [6.07, 6.45) is 2.26. The van der Waals surface area contributed by atoms with Crippen molar-refractivity contribution >= 4 is 32.3 Å². The molecule has 29 heavy (non-hydrogen) atoms. The molecule has 3 heterocycles. The van der Waals surface area contributed by atoms with Crippen molar-refractivity contribution in [3.63, 3.8) is 0 Å². The van der Waals surface area contributed by atoms with Crippen LogP contribution in [0, 0.1) is 5.92 Å². The lowest BCUT2D eigenvalue weighted by Crippen LogP contribution is -2.41. The molecule has 2 aromatic heterocycles. The molecule has 0 aliphatic carbocycles. The van der Waals surface area contributed by atoms with E-state index >= 15 is 0 Å². The Morgan fingerprint density at radius 2 is 2.00 bits per heavy atom. The molecule has 1 aliphatic heterocycles. The van der Waals surface area contributed by atoms with Gasteiger partial charge in [0, 0.05) is 22.9 Å². The summed E-state index contributed by atoms with van der Waals surface area (Å²) in [5.74, 6) is 0.713. The molecule has 0 spiro atoms. The molecule has 154 valence electrons. The maximum atomic E-state index is 12.9. The Bertz CT molecular complexity index is 1130. The van der Waals surface area contributed by atoms with E-state index in [2.05, 4.69) is 22.6 Å². The third-order valence-corrected chi connectivity index (χ3v) is 7.89. The quantitative estimate of drug-likeness (QED) is 0.602. The lowest BCUT2D eigenvalue weighted by Gasteiger charge is -2.36. The van der Waals surface area contributed by atoms with Crippen LogP contribution in [0.15, 0.2) is 62.0 Å². The number of fused-ring (bicyclic) bond motifs is 1. The summed E-state index contributed by atoms with van der Waals surface area (Å²) in [5.41, 5.74) is -0.0868. The molecular weight excluding hydrogens is 408 g/mol. The van der Waals surface area contributed by atoms with Gasteiger partial charge in [-0.1, -0.05) is 13.0 Å². The Labute approximate surface area is 174 Å². The molecule has 1 N–H and O–H groups in total. The van der Waals surface area contributed by atoms with E-state index in [-0.39, 0.29) is 10.9 Å². The van der Waals surface area contributed by atoms with Crippen LogP contribution in [0.2, 0.25) is 0 Å². The van der Waals surface area contributed by atoms with Crippen molar-refractivity contribution in [2.45, 2.75) is 30.7 Å². The number of rotatable bonds is 6. The van der Waals surface area contributed by atoms with Crippen LogP contribution in [0.1, 0.15) is 30.7 Å². The normalized spacial score (nSPS) is 17.6. The van der Waals surface area contributed by atoms with E-state index in [4.69, 9.17) is 4.42 Å². The summed E-state index contributed by atoms with van der Waals surface area (Å²) in [6, 6.07) is 11.5. The van der Waals surface area contributed by atoms with Crippen LogP contribution in [0.5, 0.6) is 0 Å². The van der Waals surface area contributed by atoms with E-state index < -0.39 is 15.6 Å². The van der Waals surface area contributed by atoms with Crippen LogP contribution in [0.4, 0.5) is 0 Å². The molecule has 0 bridgehead atoms. The SMILES string of the molecule is CC1CCN([C@@H](CNS(=O)(=O)c2ccc3oc(=O)ccc3c2)c2cccs2)CC1. The average Bonchev–Trinajstić information content (AvgIpc) is 3.23. The van der Waals surface area contributed by atoms with E-state index in [9.17, 15) is 13.2 Å². The van der Waals surface area contributed by atoms with E-state index in [0.717, 1.165) is 25.9 Å². The molecule has 3 aromatic rings. The molecule has 4 rings (SSSR count). The Kier molecular flexibility index (Phi) is 5.87. The van der Waals surface area contributed by atoms with Gasteiger partial charge < -0.3 is 4.42 Å². The predicted octanol–water partition coefficient (Wildman–Crippen LogP) is 3.61. The molecule has 1 saturated heterocycles. The lowest BCUT2D eigenvalue weighted by atomic mass is 9.97. The molecule has 8 heteroatoms. The number of piperidine rings is 1. The molecule has 1 atom stereocenters. The van der Waals surface area contributed by atoms with Crippen LogP contribution in [0.25, 0.3) is 11.0 Å². The van der Waals surface area contributed by atoms with Gasteiger partial charge in [0.2, 0.25) is 10.0 Å². The fraction of sp³-hybridized carbons (Fsp3) is 0.381. The fourth-order valence-electron chi connectivity index (χ4n) is 3.72. The van der Waals surface area contributed by atoms with Crippen molar-refractivity contribution in [2.24, 2.45) is 5.92 Å². The number of nitrogens with zero attached hydrogens (tertiary/aromatic N) is 1. The predicted molar refractivity (Wildman–Crippen MR) is 115 cm³/mol. The van der Waals surface area contributed by atoms with Gasteiger partial charge in [0.1, 0.15) is 5.58 Å². The van der Waals surface area contributed by atoms with Gasteiger partial charge in [-0.15, -0.1) is 11.3 Å². The zero-order valence-electron chi connectivity index (χ0n) is 16.2. The summed E-state index contributed by atoms with van der Waals surface area (Å²) in [6.45, 7) is 4.53. The van der Waals surface area contributed by atoms with Crippen LogP contribution in [-0.2, 0) is 10.0 Å². The van der Waals surface area contributed by atoms with Gasteiger partial charge in [0.05, 0.1) is 10.9 Å². The summed E-state index contributed by atoms with van der Waals surface area (Å²) < 4.78 is 33.7. The van der Waals surface area contributed by atoms with Crippen LogP contribution < -0.4 is 10.3 Å². The van der Waals surface area contributed by atoms with Crippen molar-refractivity contribution < 1.29 is 12.8 Å². The van der Waals surface area contributed by atoms with Crippen LogP contribution in [-0.4, -0.2) is 33.0 Å². The number of nitrogens with one attached hydrogen (secondary N) is 1. The highest BCUT2D eigenvalue weighted by Gasteiger charge is 2.27. The monoisotopic (exact) mass is 432 g/mol. The number of thiophene rings is 1. The molecule has 0 unspecified atom stereocenters. The number of hydrogen-bond acceptors (Lipinski definition) is 6. The second-order valence-corrected chi connectivity index (χ2v) is 10.3. The zero-order valence-corrected chi connectivity index (χ0v) is 17.8. The fourth-order valence-corrected chi connectivity index (χ4v) is 5.65. The number of hydrogen-bond donors (Lipinski definition) is 1. The summed E-state index contributed by atoms with van der Waals surface area (Å²) in [5, 5.41) is 2.60. The molecule has 1 aliphatic rings. The van der Waals surface area contributed by atoms with Gasteiger partial charge in [-0.3, -0.25) is 4.90 Å². The first kappa shape index (κ1) is 20.3. The first-order chi connectivity index (χ1) is 13.9. The van der Waals surface area contributed by atoms with Gasteiger partial charge in [-0.2, -0.15) is 0 Å². The minimum Gasteiger partial charge on any atom is -0.423 e. The third-order valence-electron chi connectivity index (χ3n) is 5.50. The Morgan fingerprint density at radius 1 is 1.21 bits per heavy atom. The first-order valence-corrected chi connectivity index (χ1v) is 12.1. The Hall–Kier alpha value is -2.00. The molecule has 1 fully saturated rings. The van der Waals surface area contributed by atoms with Crippen molar-refractivity contribution in [2.75, 3.05) is 19.6 Å². The van der Waals surface area contributed by atoms with Gasteiger partial charge in [-0.05, 0) is 67.6 Å². The van der Waals surface area contributed by atoms with Gasteiger partial charge in [-0.25, -0.2) is 17.9 Å². The highest BCUT2D eigenvalue weighted by Crippen LogP contribution is 2.29. The van der Waals surface area contributed by atoms with Gasteiger partial charge in [0.25, 0.3) is 0 Å². The summed E-state index contributed by atoms with van der Waals surface area (Å²) >= 11 is 1.66. The lowest BCUT2D eigenvalue weighted by molar-refractivity contribution is 0.141. The first-order valence-electron chi connectivity index (χ1n) is 9.73. The molecule has 0 saturated carbocycles. The van der Waals surface area contributed by atoms with E-state index in [1.807, 2.05) is 11.4 Å². The largest absolute Gasteiger partial charge is 0.423 e. The smallest absolute Gasteiger partial charge is 0.336 e. The molecule has 6 nitrogen and oxygen atoms in total. The molecule has 0 amide bonds. The van der Waals surface area contributed by atoms with Crippen molar-refractivity contribution in [1.82, 2.24) is 9.62 Å². The number of benzene rings is 1. The third kappa shape index (κ3) is 4.61. The zero-order chi connectivity index (χ0) is 20.4. The molecule has 0 radical (unpaired) electrons. The topological polar surface area (TPSA) is 79.6 Å². The minimum absolute atomic E-state index is 0.0238. The highest BCUT2D eigenvalue weighted by molar-refractivity contribution is 7.89. The standard InChI is InChI=1S/C21H24N2O4S2/c1-15-8-10-23(11-9-15)18(20-3-2-12-28-20)14-22-29(25,26)17-5-6-19-16(13-17)4-7-21(24)27-19/h2-7,12-13,15,18,22H,8-11,14H2,1H3/t18-/m0/s1. The number of likely N-dealkylation sites (tertiary alicyclic amines) is 1. The van der Waals surface area contributed by atoms with E-state index in [0.29, 0.717) is 23.4 Å². The van der Waals surface area contributed by atoms with Crippen molar-refractivity contribution in [3.8, 4) is 0 Å². The van der Waals surface area contributed by atoms with E-state index in [1.54, 1.807) is 17.4 Å². The van der Waals surface area contributed by atoms with E-state index in [1.165, 1.54) is 29.1 Å². The highest BCUT2D eigenvalue weighted by atomic mass is 32.2.